The number of carboxylic acids is 1. The fraction of sp³-hybridized carbons (Fsp3) is 0. The van der Waals surface area contributed by atoms with E-state index in [-0.39, 0.29) is 11.4 Å². The molecular weight excluding hydrogens is 297 g/mol. The van der Waals surface area contributed by atoms with Crippen molar-refractivity contribution in [3.05, 3.63) is 72.3 Å². The van der Waals surface area contributed by atoms with Crippen LogP contribution < -0.4 is 5.32 Å². The minimum Gasteiger partial charge on any atom is -0.478 e. The Morgan fingerprint density at radius 1 is 1.04 bits per heavy atom. The molecule has 0 aliphatic rings. The molecule has 2 aromatic carbocycles. The van der Waals surface area contributed by atoms with Crippen LogP contribution in [0.15, 0.2) is 60.9 Å². The summed E-state index contributed by atoms with van der Waals surface area (Å²) in [7, 11) is 0. The summed E-state index contributed by atoms with van der Waals surface area (Å²) in [5, 5.41) is 11.9. The van der Waals surface area contributed by atoms with Crippen LogP contribution in [0.5, 0.6) is 0 Å². The highest BCUT2D eigenvalue weighted by Gasteiger charge is 2.05. The smallest absolute Gasteiger partial charge is 0.335 e. The van der Waals surface area contributed by atoms with Gasteiger partial charge >= 0.3 is 5.97 Å². The number of nitrogens with one attached hydrogen (secondary N) is 1. The number of aromatic carboxylic acids is 1. The molecule has 2 N–H and O–H groups in total. The molecule has 3 aromatic rings. The summed E-state index contributed by atoms with van der Waals surface area (Å²) in [6.07, 6.45) is 1.38. The summed E-state index contributed by atoms with van der Waals surface area (Å²) in [6.45, 7) is 0. The number of halogens is 1. The van der Waals surface area contributed by atoms with E-state index in [9.17, 15) is 9.18 Å². The van der Waals surface area contributed by atoms with E-state index >= 15 is 0 Å². The Kier molecular flexibility index (Phi) is 3.97. The van der Waals surface area contributed by atoms with Crippen LogP contribution in [0.2, 0.25) is 0 Å². The normalized spacial score (nSPS) is 10.3. The van der Waals surface area contributed by atoms with Crippen molar-refractivity contribution >= 4 is 17.5 Å². The molecular formula is C17H12FN3O2. The zero-order chi connectivity index (χ0) is 16.2. The first-order valence-electron chi connectivity index (χ1n) is 6.80. The Hall–Kier alpha value is -3.28. The van der Waals surface area contributed by atoms with Crippen LogP contribution in [0.4, 0.5) is 15.9 Å². The van der Waals surface area contributed by atoms with Crippen LogP contribution in [0.3, 0.4) is 0 Å². The number of carbonyl (C=O) groups is 1. The summed E-state index contributed by atoms with van der Waals surface area (Å²) < 4.78 is 13.3. The van der Waals surface area contributed by atoms with E-state index in [0.717, 1.165) is 0 Å². The molecule has 1 heterocycles. The molecule has 0 amide bonds. The summed E-state index contributed by atoms with van der Waals surface area (Å²) in [4.78, 5) is 19.1. The van der Waals surface area contributed by atoms with Crippen molar-refractivity contribution in [2.24, 2.45) is 0 Å². The third kappa shape index (κ3) is 3.49. The number of aromatic nitrogens is 2. The molecule has 3 rings (SSSR count). The molecule has 0 fully saturated rings. The summed E-state index contributed by atoms with van der Waals surface area (Å²) in [5.74, 6) is -0.783. The third-order valence-corrected chi connectivity index (χ3v) is 3.19. The van der Waals surface area contributed by atoms with Crippen LogP contribution in [0.25, 0.3) is 11.3 Å². The monoisotopic (exact) mass is 309 g/mol. The number of hydrogen-bond donors (Lipinski definition) is 2. The van der Waals surface area contributed by atoms with Crippen LogP contribution in [-0.2, 0) is 0 Å². The van der Waals surface area contributed by atoms with Crippen LogP contribution in [0.1, 0.15) is 10.4 Å². The van der Waals surface area contributed by atoms with Gasteiger partial charge in [-0.1, -0.05) is 12.1 Å². The number of hydrogen-bond acceptors (Lipinski definition) is 4. The molecule has 0 unspecified atom stereocenters. The van der Waals surface area contributed by atoms with E-state index in [0.29, 0.717) is 22.8 Å². The van der Waals surface area contributed by atoms with E-state index in [1.807, 2.05) is 0 Å². The first kappa shape index (κ1) is 14.6. The molecule has 0 bridgehead atoms. The Morgan fingerprint density at radius 2 is 1.83 bits per heavy atom. The predicted molar refractivity (Wildman–Crippen MR) is 84.1 cm³/mol. The first-order valence-corrected chi connectivity index (χ1v) is 6.80. The molecule has 6 heteroatoms. The Labute approximate surface area is 131 Å². The number of nitrogens with zero attached hydrogens (tertiary/aromatic N) is 2. The molecule has 0 aliphatic heterocycles. The van der Waals surface area contributed by atoms with E-state index in [4.69, 9.17) is 5.11 Å². The van der Waals surface area contributed by atoms with E-state index < -0.39 is 5.97 Å². The average Bonchev–Trinajstić information content (AvgIpc) is 2.56. The zero-order valence-electron chi connectivity index (χ0n) is 11.9. The Balaban J connectivity index is 1.84. The highest BCUT2D eigenvalue weighted by atomic mass is 19.1. The van der Waals surface area contributed by atoms with Crippen LogP contribution >= 0.6 is 0 Å². The lowest BCUT2D eigenvalue weighted by molar-refractivity contribution is 0.0697. The fourth-order valence-electron chi connectivity index (χ4n) is 2.08. The maximum atomic E-state index is 13.3. The molecule has 0 atom stereocenters. The quantitative estimate of drug-likeness (QED) is 0.768. The highest BCUT2D eigenvalue weighted by molar-refractivity contribution is 5.88. The molecule has 23 heavy (non-hydrogen) atoms. The maximum absolute atomic E-state index is 13.3. The number of anilines is 2. The van der Waals surface area contributed by atoms with Crippen molar-refractivity contribution in [2.75, 3.05) is 5.32 Å². The van der Waals surface area contributed by atoms with Gasteiger partial charge in [-0.05, 0) is 36.4 Å². The molecule has 0 saturated heterocycles. The van der Waals surface area contributed by atoms with Crippen molar-refractivity contribution in [3.63, 3.8) is 0 Å². The van der Waals surface area contributed by atoms with E-state index in [1.54, 1.807) is 30.3 Å². The number of carboxylic acid groups (broad SMARTS) is 1. The van der Waals surface area contributed by atoms with Crippen molar-refractivity contribution in [2.45, 2.75) is 0 Å². The highest BCUT2D eigenvalue weighted by Crippen LogP contribution is 2.21. The second-order valence-electron chi connectivity index (χ2n) is 4.81. The average molecular weight is 309 g/mol. The molecule has 0 saturated carbocycles. The molecule has 0 spiro atoms. The SMILES string of the molecule is O=C(O)c1ccc(Nc2cc(-c3cccc(F)c3)ncn2)cc1. The lowest BCUT2D eigenvalue weighted by atomic mass is 10.1. The van der Waals surface area contributed by atoms with Crippen LogP contribution in [0, 0.1) is 5.82 Å². The molecule has 114 valence electrons. The molecule has 0 radical (unpaired) electrons. The van der Waals surface area contributed by atoms with Gasteiger partial charge in [-0.25, -0.2) is 19.2 Å². The van der Waals surface area contributed by atoms with Gasteiger partial charge in [0.1, 0.15) is 18.0 Å². The van der Waals surface area contributed by atoms with Crippen LogP contribution in [-0.4, -0.2) is 21.0 Å². The second kappa shape index (κ2) is 6.23. The minimum absolute atomic E-state index is 0.207. The summed E-state index contributed by atoms with van der Waals surface area (Å²) in [6, 6.07) is 14.1. The van der Waals surface area contributed by atoms with Gasteiger partial charge in [0.15, 0.2) is 0 Å². The fourth-order valence-corrected chi connectivity index (χ4v) is 2.08. The lowest BCUT2D eigenvalue weighted by Crippen LogP contribution is -1.98. The lowest BCUT2D eigenvalue weighted by Gasteiger charge is -2.07. The van der Waals surface area contributed by atoms with Crippen molar-refractivity contribution in [1.29, 1.82) is 0 Å². The van der Waals surface area contributed by atoms with Crippen molar-refractivity contribution in [3.8, 4) is 11.3 Å². The van der Waals surface area contributed by atoms with Crippen molar-refractivity contribution in [1.82, 2.24) is 9.97 Å². The standard InChI is InChI=1S/C17H12FN3O2/c18-13-3-1-2-12(8-13)15-9-16(20-10-19-15)21-14-6-4-11(5-7-14)17(22)23/h1-10H,(H,22,23)(H,19,20,21). The van der Waals surface area contributed by atoms with Gasteiger partial charge in [-0.15, -0.1) is 0 Å². The largest absolute Gasteiger partial charge is 0.478 e. The predicted octanol–water partition coefficient (Wildman–Crippen LogP) is 3.72. The zero-order valence-corrected chi connectivity index (χ0v) is 11.9. The maximum Gasteiger partial charge on any atom is 0.335 e. The van der Waals surface area contributed by atoms with Gasteiger partial charge in [0.2, 0.25) is 0 Å². The third-order valence-electron chi connectivity index (χ3n) is 3.19. The Morgan fingerprint density at radius 3 is 2.52 bits per heavy atom. The van der Waals surface area contributed by atoms with E-state index in [1.165, 1.54) is 30.6 Å². The first-order chi connectivity index (χ1) is 11.1. The summed E-state index contributed by atoms with van der Waals surface area (Å²) in [5.41, 5.74) is 2.14. The van der Waals surface area contributed by atoms with Gasteiger partial charge in [0, 0.05) is 17.3 Å². The van der Waals surface area contributed by atoms with E-state index in [2.05, 4.69) is 15.3 Å². The second-order valence-corrected chi connectivity index (χ2v) is 4.81. The Bertz CT molecular complexity index is 850. The van der Waals surface area contributed by atoms with Gasteiger partial charge in [-0.3, -0.25) is 0 Å². The molecule has 0 aliphatic carbocycles. The van der Waals surface area contributed by atoms with Gasteiger partial charge in [-0.2, -0.15) is 0 Å². The van der Waals surface area contributed by atoms with Crippen molar-refractivity contribution < 1.29 is 14.3 Å². The van der Waals surface area contributed by atoms with Gasteiger partial charge in [0.05, 0.1) is 11.3 Å². The molecule has 1 aromatic heterocycles. The van der Waals surface area contributed by atoms with Gasteiger partial charge in [0.25, 0.3) is 0 Å². The number of benzene rings is 2. The van der Waals surface area contributed by atoms with Gasteiger partial charge < -0.3 is 10.4 Å². The summed E-state index contributed by atoms with van der Waals surface area (Å²) >= 11 is 0. The molecule has 5 nitrogen and oxygen atoms in total. The minimum atomic E-state index is -0.980. The number of rotatable bonds is 4. The topological polar surface area (TPSA) is 75.1 Å².